The molecule has 0 saturated carbocycles. The van der Waals surface area contributed by atoms with Crippen LogP contribution >= 0.6 is 24.7 Å². The van der Waals surface area contributed by atoms with Gasteiger partial charge in [-0.15, -0.1) is 0 Å². The summed E-state index contributed by atoms with van der Waals surface area (Å²) in [5.74, 6) is -0.326. The Bertz CT molecular complexity index is 907. The predicted molar refractivity (Wildman–Crippen MR) is 202 cm³/mol. The number of carbonyl (C=O) groups is 4. The standard InChI is InChI=1S/C27H54N4O5SSi2.C5H12O2S/c1-21(30-26(34)28-17-11-9-10-12-18-29-27(35)37-3)15-16-22(2)31-24(32)20-23(25(31)33)14-13-19-39(7,8)36-38(4,5)6;1-2-3-6-4-5-7-8/h21-23H,9-20H2,1-8H3,(H,29,35)(H2,28,30,34);8H,2-5H2,1H3. The van der Waals surface area contributed by atoms with Gasteiger partial charge in [0.05, 0.1) is 13.2 Å². The van der Waals surface area contributed by atoms with Crippen molar-refractivity contribution in [2.45, 2.75) is 136 Å². The molecule has 0 spiro atoms. The van der Waals surface area contributed by atoms with E-state index in [1.165, 1.54) is 16.7 Å². The second-order valence-electron chi connectivity index (χ2n) is 13.9. The van der Waals surface area contributed by atoms with E-state index in [0.29, 0.717) is 45.6 Å². The molecule has 47 heavy (non-hydrogen) atoms. The molecule has 1 saturated heterocycles. The fourth-order valence-corrected chi connectivity index (χ4v) is 13.9. The molecule has 1 heterocycles. The van der Waals surface area contributed by atoms with Crippen LogP contribution in [0.3, 0.4) is 0 Å². The third-order valence-corrected chi connectivity index (χ3v) is 14.5. The molecule has 1 aliphatic rings. The van der Waals surface area contributed by atoms with Gasteiger partial charge in [0.15, 0.2) is 16.6 Å². The number of likely N-dealkylation sites (tertiary alicyclic amines) is 1. The first-order valence-electron chi connectivity index (χ1n) is 17.3. The third-order valence-electron chi connectivity index (χ3n) is 7.54. The highest BCUT2D eigenvalue weighted by Crippen LogP contribution is 2.29. The number of amides is 5. The SMILES string of the molecule is CCCOCCOS.CSC(=O)NCCCCCCNC(=O)NC(C)CCC(C)N1C(=O)CC(CCC[Si](C)(C)O[Si](C)(C)C)C1=O. The zero-order chi connectivity index (χ0) is 35.9. The van der Waals surface area contributed by atoms with Crippen LogP contribution in [0.5, 0.6) is 0 Å². The largest absolute Gasteiger partial charge is 0.456 e. The minimum absolute atomic E-state index is 0.000414. The van der Waals surface area contributed by atoms with E-state index in [1.54, 1.807) is 6.26 Å². The molecule has 5 amide bonds. The zero-order valence-electron chi connectivity index (χ0n) is 30.7. The Labute approximate surface area is 297 Å². The number of hydrogen-bond acceptors (Lipinski definition) is 9. The Balaban J connectivity index is 0.00000233. The van der Waals surface area contributed by atoms with Crippen molar-refractivity contribution in [3.63, 3.8) is 0 Å². The van der Waals surface area contributed by atoms with Gasteiger partial charge in [0.1, 0.15) is 0 Å². The summed E-state index contributed by atoms with van der Waals surface area (Å²) in [5.41, 5.74) is 0. The monoisotopic (exact) mass is 738 g/mol. The molecule has 1 rings (SSSR count). The first kappa shape index (κ1) is 45.9. The van der Waals surface area contributed by atoms with Crippen molar-refractivity contribution in [1.82, 2.24) is 20.9 Å². The van der Waals surface area contributed by atoms with Crippen LogP contribution in [0.4, 0.5) is 9.59 Å². The fourth-order valence-electron chi connectivity index (χ4n) is 5.44. The summed E-state index contributed by atoms with van der Waals surface area (Å²) in [6, 6.07) is 0.577. The number of imide groups is 1. The number of urea groups is 1. The van der Waals surface area contributed by atoms with E-state index in [1.807, 2.05) is 13.8 Å². The van der Waals surface area contributed by atoms with Crippen molar-refractivity contribution in [1.29, 1.82) is 0 Å². The Morgan fingerprint density at radius 3 is 2.17 bits per heavy atom. The molecule has 0 aromatic carbocycles. The van der Waals surface area contributed by atoms with Crippen molar-refractivity contribution in [2.24, 2.45) is 5.92 Å². The van der Waals surface area contributed by atoms with Crippen LogP contribution < -0.4 is 16.0 Å². The molecule has 3 N–H and O–H groups in total. The zero-order valence-corrected chi connectivity index (χ0v) is 34.4. The molecule has 1 fully saturated rings. The van der Waals surface area contributed by atoms with Gasteiger partial charge in [-0.2, -0.15) is 0 Å². The van der Waals surface area contributed by atoms with E-state index in [0.717, 1.165) is 57.6 Å². The van der Waals surface area contributed by atoms with E-state index in [4.69, 9.17) is 8.85 Å². The second-order valence-corrected chi connectivity index (χ2v) is 24.0. The molecular formula is C32H66N4O7S2Si2. The summed E-state index contributed by atoms with van der Waals surface area (Å²) in [6.45, 7) is 20.4. The molecule has 0 radical (unpaired) electrons. The van der Waals surface area contributed by atoms with E-state index in [2.05, 4.69) is 72.7 Å². The molecule has 11 nitrogen and oxygen atoms in total. The molecule has 15 heteroatoms. The summed E-state index contributed by atoms with van der Waals surface area (Å²) < 4.78 is 15.9. The number of thioether (sulfide) groups is 1. The normalized spacial score (nSPS) is 16.4. The van der Waals surface area contributed by atoms with Crippen molar-refractivity contribution >= 4 is 64.4 Å². The van der Waals surface area contributed by atoms with E-state index in [9.17, 15) is 19.2 Å². The lowest BCUT2D eigenvalue weighted by atomic mass is 10.0. The maximum atomic E-state index is 13.0. The topological polar surface area (TPSA) is 135 Å². The summed E-state index contributed by atoms with van der Waals surface area (Å²) >= 11 is 4.72. The van der Waals surface area contributed by atoms with Crippen molar-refractivity contribution in [3.05, 3.63) is 0 Å². The van der Waals surface area contributed by atoms with Crippen molar-refractivity contribution in [2.75, 3.05) is 39.2 Å². The minimum Gasteiger partial charge on any atom is -0.456 e. The summed E-state index contributed by atoms with van der Waals surface area (Å²) in [7, 11) is -3.33. The van der Waals surface area contributed by atoms with Crippen LogP contribution in [0.2, 0.25) is 38.8 Å². The summed E-state index contributed by atoms with van der Waals surface area (Å²) in [4.78, 5) is 50.5. The Morgan fingerprint density at radius 2 is 1.60 bits per heavy atom. The van der Waals surface area contributed by atoms with E-state index < -0.39 is 16.6 Å². The third kappa shape index (κ3) is 23.8. The van der Waals surface area contributed by atoms with Gasteiger partial charge < -0.3 is 29.0 Å². The fraction of sp³-hybridized carbons (Fsp3) is 0.875. The minimum atomic E-state index is -1.75. The molecule has 0 aliphatic carbocycles. The smallest absolute Gasteiger partial charge is 0.314 e. The number of carbonyl (C=O) groups excluding carboxylic acids is 4. The molecule has 0 bridgehead atoms. The Hall–Kier alpha value is -1.11. The molecule has 1 aliphatic heterocycles. The van der Waals surface area contributed by atoms with Gasteiger partial charge in [-0.3, -0.25) is 19.3 Å². The highest BCUT2D eigenvalue weighted by Gasteiger charge is 2.41. The number of unbranched alkanes of at least 4 members (excludes halogenated alkanes) is 3. The van der Waals surface area contributed by atoms with Crippen LogP contribution in [-0.4, -0.2) is 95.9 Å². The number of ether oxygens (including phenoxy) is 1. The van der Waals surface area contributed by atoms with Crippen molar-refractivity contribution < 1.29 is 32.2 Å². The van der Waals surface area contributed by atoms with Crippen LogP contribution in [0.1, 0.15) is 85.0 Å². The quantitative estimate of drug-likeness (QED) is 0.0291. The lowest BCUT2D eigenvalue weighted by Crippen LogP contribution is -2.43. The molecule has 3 unspecified atom stereocenters. The van der Waals surface area contributed by atoms with Crippen LogP contribution in [0, 0.1) is 5.92 Å². The van der Waals surface area contributed by atoms with Gasteiger partial charge in [-0.05, 0) is 110 Å². The van der Waals surface area contributed by atoms with Gasteiger partial charge >= 0.3 is 6.03 Å². The first-order chi connectivity index (χ1) is 22.1. The lowest BCUT2D eigenvalue weighted by molar-refractivity contribution is -0.141. The molecule has 0 aromatic rings. The second kappa shape index (κ2) is 25.8. The maximum absolute atomic E-state index is 13.0. The Kier molecular flexibility index (Phi) is 25.2. The van der Waals surface area contributed by atoms with E-state index >= 15 is 0 Å². The lowest BCUT2D eigenvalue weighted by Gasteiger charge is -2.31. The number of rotatable bonds is 23. The van der Waals surface area contributed by atoms with E-state index in [-0.39, 0.29) is 41.1 Å². The van der Waals surface area contributed by atoms with Gasteiger partial charge in [-0.25, -0.2) is 4.79 Å². The average Bonchev–Trinajstić information content (AvgIpc) is 3.26. The molecule has 0 aromatic heterocycles. The molecule has 3 atom stereocenters. The summed E-state index contributed by atoms with van der Waals surface area (Å²) in [5, 5.41) is 8.67. The molecule has 276 valence electrons. The van der Waals surface area contributed by atoms with Crippen LogP contribution in [0.15, 0.2) is 0 Å². The average molecular weight is 739 g/mol. The number of hydrogen-bond donors (Lipinski definition) is 4. The van der Waals surface area contributed by atoms with Crippen LogP contribution in [0.25, 0.3) is 0 Å². The highest BCUT2D eigenvalue weighted by atomic mass is 32.2. The number of nitrogens with zero attached hydrogens (tertiary/aromatic N) is 1. The Morgan fingerprint density at radius 1 is 0.957 bits per heavy atom. The number of nitrogens with one attached hydrogen (secondary N) is 3. The summed E-state index contributed by atoms with van der Waals surface area (Å²) in [6.07, 6.45) is 9.96. The number of thiol groups is 1. The van der Waals surface area contributed by atoms with Gasteiger partial charge in [0.2, 0.25) is 11.8 Å². The van der Waals surface area contributed by atoms with Gasteiger partial charge in [0, 0.05) is 44.1 Å². The van der Waals surface area contributed by atoms with Gasteiger partial charge in [-0.1, -0.05) is 37.9 Å². The highest BCUT2D eigenvalue weighted by molar-refractivity contribution is 8.12. The van der Waals surface area contributed by atoms with Gasteiger partial charge in [0.25, 0.3) is 5.24 Å². The predicted octanol–water partition coefficient (Wildman–Crippen LogP) is 6.96. The first-order valence-corrected chi connectivity index (χ1v) is 25.4. The van der Waals surface area contributed by atoms with Crippen molar-refractivity contribution in [3.8, 4) is 0 Å². The maximum Gasteiger partial charge on any atom is 0.314 e. The molecular weight excluding hydrogens is 673 g/mol. The van der Waals surface area contributed by atoms with Crippen LogP contribution in [-0.2, 0) is 22.6 Å².